The minimum atomic E-state index is 0.0855. The molecule has 3 aliphatic heterocycles. The van der Waals surface area contributed by atoms with E-state index < -0.39 is 0 Å². The molecule has 0 spiro atoms. The lowest BCUT2D eigenvalue weighted by molar-refractivity contribution is -0.138. The Bertz CT molecular complexity index is 687. The fraction of sp³-hybridized carbons (Fsp3) is 0.667. The third-order valence-electron chi connectivity index (χ3n) is 5.98. The van der Waals surface area contributed by atoms with Crippen LogP contribution >= 0.6 is 0 Å². The van der Waals surface area contributed by atoms with Crippen LogP contribution in [-0.2, 0) is 14.3 Å². The first kappa shape index (κ1) is 20.3. The number of ether oxygens (including phenoxy) is 4. The van der Waals surface area contributed by atoms with Crippen LogP contribution in [0.4, 0.5) is 5.69 Å². The van der Waals surface area contributed by atoms with E-state index in [1.54, 1.807) is 7.11 Å². The number of hydrogen-bond acceptors (Lipinski definition) is 7. The number of morpholine rings is 1. The van der Waals surface area contributed by atoms with Crippen LogP contribution in [0.1, 0.15) is 12.8 Å². The fourth-order valence-corrected chi connectivity index (χ4v) is 4.31. The number of rotatable bonds is 7. The molecule has 0 bridgehead atoms. The first-order chi connectivity index (χ1) is 14.2. The smallest absolute Gasteiger partial charge is 0.248 e. The molecular formula is C21H31N3O5. The summed E-state index contributed by atoms with van der Waals surface area (Å²) in [4.78, 5) is 19.5. The minimum Gasteiger partial charge on any atom is -0.454 e. The summed E-state index contributed by atoms with van der Waals surface area (Å²) in [6, 6.07) is 6.36. The Kier molecular flexibility index (Phi) is 6.74. The Hall–Kier alpha value is -2.03. The van der Waals surface area contributed by atoms with Gasteiger partial charge in [0.1, 0.15) is 6.61 Å². The molecule has 0 radical (unpaired) electrons. The number of piperidine rings is 1. The summed E-state index contributed by atoms with van der Waals surface area (Å²) in [7, 11) is 1.58. The van der Waals surface area contributed by atoms with Crippen molar-refractivity contribution in [3.8, 4) is 11.5 Å². The lowest BCUT2D eigenvalue weighted by Crippen LogP contribution is -2.51. The maximum Gasteiger partial charge on any atom is 0.248 e. The Labute approximate surface area is 172 Å². The first-order valence-electron chi connectivity index (χ1n) is 10.5. The van der Waals surface area contributed by atoms with Crippen molar-refractivity contribution in [2.45, 2.75) is 18.9 Å². The zero-order valence-corrected chi connectivity index (χ0v) is 17.2. The molecule has 29 heavy (non-hydrogen) atoms. The van der Waals surface area contributed by atoms with Gasteiger partial charge in [0.05, 0.1) is 13.2 Å². The van der Waals surface area contributed by atoms with Crippen molar-refractivity contribution in [3.63, 3.8) is 0 Å². The Balaban J connectivity index is 1.34. The lowest BCUT2D eigenvalue weighted by Gasteiger charge is -2.40. The summed E-state index contributed by atoms with van der Waals surface area (Å²) in [5.41, 5.74) is 1.15. The molecule has 0 saturated carbocycles. The molecule has 2 fully saturated rings. The molecule has 160 valence electrons. The van der Waals surface area contributed by atoms with Gasteiger partial charge < -0.3 is 28.7 Å². The Morgan fingerprint density at radius 3 is 2.66 bits per heavy atom. The van der Waals surface area contributed by atoms with E-state index in [0.29, 0.717) is 6.79 Å². The zero-order chi connectivity index (χ0) is 20.1. The van der Waals surface area contributed by atoms with Crippen molar-refractivity contribution in [2.75, 3.05) is 77.9 Å². The third-order valence-corrected chi connectivity index (χ3v) is 5.98. The molecule has 3 aliphatic rings. The molecule has 8 heteroatoms. The van der Waals surface area contributed by atoms with Gasteiger partial charge in [0.2, 0.25) is 12.7 Å². The average molecular weight is 405 g/mol. The van der Waals surface area contributed by atoms with Crippen molar-refractivity contribution in [2.24, 2.45) is 0 Å². The summed E-state index contributed by atoms with van der Waals surface area (Å²) in [6.45, 7) is 7.34. The molecule has 0 aromatic heterocycles. The number of amides is 1. The largest absolute Gasteiger partial charge is 0.454 e. The monoisotopic (exact) mass is 405 g/mol. The number of methoxy groups -OCH3 is 1. The van der Waals surface area contributed by atoms with E-state index in [2.05, 4.69) is 21.9 Å². The maximum absolute atomic E-state index is 12.7. The topological polar surface area (TPSA) is 63.7 Å². The SMILES string of the molecule is COCC(=O)N(CCN1CCOCC1)C1CCN(c2ccc3c(c2)OCO3)CC1. The van der Waals surface area contributed by atoms with Gasteiger partial charge in [-0.2, -0.15) is 0 Å². The molecule has 0 aliphatic carbocycles. The molecule has 0 unspecified atom stereocenters. The second-order valence-corrected chi connectivity index (χ2v) is 7.73. The lowest BCUT2D eigenvalue weighted by atomic mass is 10.0. The maximum atomic E-state index is 12.7. The number of anilines is 1. The van der Waals surface area contributed by atoms with E-state index in [1.807, 2.05) is 11.0 Å². The van der Waals surface area contributed by atoms with E-state index in [1.165, 1.54) is 0 Å². The number of fused-ring (bicyclic) bond motifs is 1. The second-order valence-electron chi connectivity index (χ2n) is 7.73. The van der Waals surface area contributed by atoms with Crippen LogP contribution in [-0.4, -0.2) is 94.7 Å². The molecular weight excluding hydrogens is 374 g/mol. The van der Waals surface area contributed by atoms with Gasteiger partial charge >= 0.3 is 0 Å². The normalized spacial score (nSPS) is 20.1. The van der Waals surface area contributed by atoms with E-state index in [-0.39, 0.29) is 18.6 Å². The average Bonchev–Trinajstić information content (AvgIpc) is 3.23. The van der Waals surface area contributed by atoms with Crippen molar-refractivity contribution in [1.29, 1.82) is 0 Å². The number of hydrogen-bond donors (Lipinski definition) is 0. The molecule has 3 heterocycles. The molecule has 0 N–H and O–H groups in total. The highest BCUT2D eigenvalue weighted by molar-refractivity contribution is 5.77. The fourth-order valence-electron chi connectivity index (χ4n) is 4.31. The number of benzene rings is 1. The highest BCUT2D eigenvalue weighted by Crippen LogP contribution is 2.36. The Morgan fingerprint density at radius 1 is 1.14 bits per heavy atom. The van der Waals surface area contributed by atoms with Crippen LogP contribution in [0.25, 0.3) is 0 Å². The van der Waals surface area contributed by atoms with E-state index in [4.69, 9.17) is 18.9 Å². The number of carbonyl (C=O) groups excluding carboxylic acids is 1. The zero-order valence-electron chi connectivity index (χ0n) is 17.2. The first-order valence-corrected chi connectivity index (χ1v) is 10.5. The van der Waals surface area contributed by atoms with Gasteiger partial charge in [0, 0.05) is 64.2 Å². The van der Waals surface area contributed by atoms with Crippen LogP contribution in [0.2, 0.25) is 0 Å². The predicted molar refractivity (Wildman–Crippen MR) is 109 cm³/mol. The summed E-state index contributed by atoms with van der Waals surface area (Å²) in [5, 5.41) is 0. The molecule has 1 aromatic carbocycles. The van der Waals surface area contributed by atoms with Crippen LogP contribution < -0.4 is 14.4 Å². The van der Waals surface area contributed by atoms with Crippen molar-refractivity contribution in [1.82, 2.24) is 9.80 Å². The predicted octanol–water partition coefficient (Wildman–Crippen LogP) is 1.19. The molecule has 2 saturated heterocycles. The van der Waals surface area contributed by atoms with Gasteiger partial charge in [-0.1, -0.05) is 0 Å². The molecule has 0 atom stereocenters. The standard InChI is InChI=1S/C21H31N3O5/c1-26-15-21(25)24(9-8-22-10-12-27-13-11-22)17-4-6-23(7-5-17)18-2-3-19-20(14-18)29-16-28-19/h2-3,14,17H,4-13,15-16H2,1H3. The van der Waals surface area contributed by atoms with Crippen molar-refractivity contribution in [3.05, 3.63) is 18.2 Å². The van der Waals surface area contributed by atoms with E-state index in [9.17, 15) is 4.79 Å². The van der Waals surface area contributed by atoms with Crippen LogP contribution in [0.15, 0.2) is 18.2 Å². The van der Waals surface area contributed by atoms with Crippen molar-refractivity contribution >= 4 is 11.6 Å². The summed E-state index contributed by atoms with van der Waals surface area (Å²) in [6.07, 6.45) is 1.90. The van der Waals surface area contributed by atoms with Gasteiger partial charge in [-0.25, -0.2) is 0 Å². The van der Waals surface area contributed by atoms with Crippen LogP contribution in [0, 0.1) is 0 Å². The highest BCUT2D eigenvalue weighted by Gasteiger charge is 2.29. The molecule has 4 rings (SSSR count). The molecule has 8 nitrogen and oxygen atoms in total. The van der Waals surface area contributed by atoms with Gasteiger partial charge in [0.15, 0.2) is 11.5 Å². The number of nitrogens with zero attached hydrogens (tertiary/aromatic N) is 3. The third kappa shape index (κ3) is 4.94. The number of carbonyl (C=O) groups is 1. The second kappa shape index (κ2) is 9.65. The van der Waals surface area contributed by atoms with E-state index >= 15 is 0 Å². The minimum absolute atomic E-state index is 0.0855. The summed E-state index contributed by atoms with van der Waals surface area (Å²) >= 11 is 0. The molecule has 1 aromatic rings. The summed E-state index contributed by atoms with van der Waals surface area (Å²) in [5.74, 6) is 1.71. The van der Waals surface area contributed by atoms with Crippen LogP contribution in [0.3, 0.4) is 0 Å². The highest BCUT2D eigenvalue weighted by atomic mass is 16.7. The van der Waals surface area contributed by atoms with Gasteiger partial charge in [0.25, 0.3) is 0 Å². The summed E-state index contributed by atoms with van der Waals surface area (Å²) < 4.78 is 21.5. The quantitative estimate of drug-likeness (QED) is 0.675. The van der Waals surface area contributed by atoms with Gasteiger partial charge in [-0.05, 0) is 25.0 Å². The Morgan fingerprint density at radius 2 is 1.90 bits per heavy atom. The molecule has 1 amide bonds. The van der Waals surface area contributed by atoms with E-state index in [0.717, 1.165) is 82.5 Å². The van der Waals surface area contributed by atoms with Gasteiger partial charge in [-0.15, -0.1) is 0 Å². The van der Waals surface area contributed by atoms with Crippen molar-refractivity contribution < 1.29 is 23.7 Å². The van der Waals surface area contributed by atoms with Gasteiger partial charge in [-0.3, -0.25) is 9.69 Å². The van der Waals surface area contributed by atoms with Crippen LogP contribution in [0.5, 0.6) is 11.5 Å².